The van der Waals surface area contributed by atoms with E-state index in [0.29, 0.717) is 18.6 Å². The molecule has 1 heterocycles. The van der Waals surface area contributed by atoms with Crippen LogP contribution in [0.5, 0.6) is 0 Å². The van der Waals surface area contributed by atoms with Crippen LogP contribution in [0.3, 0.4) is 0 Å². The molecule has 1 aliphatic rings. The van der Waals surface area contributed by atoms with Crippen molar-refractivity contribution >= 4 is 0 Å². The van der Waals surface area contributed by atoms with E-state index in [-0.39, 0.29) is 12.0 Å². The van der Waals surface area contributed by atoms with Gasteiger partial charge in [-0.05, 0) is 11.8 Å². The van der Waals surface area contributed by atoms with E-state index in [2.05, 4.69) is 42.6 Å². The molecule has 1 fully saturated rings. The summed E-state index contributed by atoms with van der Waals surface area (Å²) in [6.07, 6.45) is -2.50. The summed E-state index contributed by atoms with van der Waals surface area (Å²) in [5.74, 6) is 0. The first-order valence-electron chi connectivity index (χ1n) is 7.31. The quantitative estimate of drug-likeness (QED) is 0.844. The van der Waals surface area contributed by atoms with Crippen molar-refractivity contribution in [2.75, 3.05) is 26.2 Å². The maximum Gasteiger partial charge on any atom is 0.522 e. The molecule has 0 aromatic carbocycles. The van der Waals surface area contributed by atoms with Gasteiger partial charge in [0.25, 0.3) is 0 Å². The van der Waals surface area contributed by atoms with Crippen LogP contribution < -0.4 is 5.32 Å². The zero-order valence-electron chi connectivity index (χ0n) is 12.9. The number of nitrogens with zero attached hydrogens (tertiary/aromatic N) is 1. The Kier molecular flexibility index (Phi) is 6.28. The van der Waals surface area contributed by atoms with Gasteiger partial charge in [-0.1, -0.05) is 34.1 Å². The van der Waals surface area contributed by atoms with E-state index in [0.717, 1.165) is 25.9 Å². The maximum atomic E-state index is 12.1. The topological polar surface area (TPSA) is 24.5 Å². The Morgan fingerprint density at radius 3 is 2.40 bits per heavy atom. The Balaban J connectivity index is 2.55. The van der Waals surface area contributed by atoms with E-state index in [9.17, 15) is 13.2 Å². The first-order valence-corrected chi connectivity index (χ1v) is 7.31. The number of piperazine rings is 1. The second-order valence-electron chi connectivity index (χ2n) is 6.56. The van der Waals surface area contributed by atoms with Crippen molar-refractivity contribution in [1.82, 2.24) is 10.2 Å². The van der Waals surface area contributed by atoms with Gasteiger partial charge in [0.05, 0.1) is 6.61 Å². The van der Waals surface area contributed by atoms with Gasteiger partial charge >= 0.3 is 6.36 Å². The van der Waals surface area contributed by atoms with Gasteiger partial charge < -0.3 is 5.32 Å². The van der Waals surface area contributed by atoms with E-state index in [1.807, 2.05) is 0 Å². The molecule has 1 N–H and O–H groups in total. The third kappa shape index (κ3) is 5.97. The van der Waals surface area contributed by atoms with Gasteiger partial charge in [-0.2, -0.15) is 0 Å². The predicted octanol–water partition coefficient (Wildman–Crippen LogP) is 3.01. The summed E-state index contributed by atoms with van der Waals surface area (Å²) in [6, 6.07) is 0.594. The third-order valence-electron chi connectivity index (χ3n) is 3.84. The van der Waals surface area contributed by atoms with Crippen LogP contribution in [0.4, 0.5) is 13.2 Å². The average Bonchev–Trinajstić information content (AvgIpc) is 2.28. The number of hydrogen-bond acceptors (Lipinski definition) is 3. The fourth-order valence-corrected chi connectivity index (χ4v) is 2.61. The average molecular weight is 296 g/mol. The molecule has 0 aliphatic carbocycles. The molecule has 2 atom stereocenters. The molecule has 0 spiro atoms. The summed E-state index contributed by atoms with van der Waals surface area (Å²) < 4.78 is 40.1. The molecule has 0 aromatic rings. The summed E-state index contributed by atoms with van der Waals surface area (Å²) in [4.78, 5) is 2.14. The standard InChI is InChI=1S/C14H27F3N2O/c1-5-6-11-9-18-12(13(2,3)4)10-19(11)7-8-20-14(15,16)17/h11-12,18H,5-10H2,1-4H3. The lowest BCUT2D eigenvalue weighted by molar-refractivity contribution is -0.325. The van der Waals surface area contributed by atoms with Crippen LogP contribution in [-0.4, -0.2) is 49.6 Å². The molecule has 2 unspecified atom stereocenters. The molecular formula is C14H27F3N2O. The van der Waals surface area contributed by atoms with Crippen LogP contribution in [0.1, 0.15) is 40.5 Å². The van der Waals surface area contributed by atoms with Crippen molar-refractivity contribution in [3.8, 4) is 0 Å². The Labute approximate surface area is 119 Å². The smallest absolute Gasteiger partial charge is 0.311 e. The summed E-state index contributed by atoms with van der Waals surface area (Å²) in [5, 5.41) is 3.53. The Hall–Kier alpha value is -0.330. The first kappa shape index (κ1) is 17.7. The highest BCUT2D eigenvalue weighted by Crippen LogP contribution is 2.25. The Morgan fingerprint density at radius 1 is 1.25 bits per heavy atom. The maximum absolute atomic E-state index is 12.1. The van der Waals surface area contributed by atoms with Gasteiger partial charge in [0.2, 0.25) is 0 Å². The van der Waals surface area contributed by atoms with Gasteiger partial charge in [-0.3, -0.25) is 9.64 Å². The molecule has 120 valence electrons. The zero-order valence-corrected chi connectivity index (χ0v) is 12.9. The van der Waals surface area contributed by atoms with E-state index in [1.54, 1.807) is 0 Å². The Bertz CT molecular complexity index is 289. The van der Waals surface area contributed by atoms with Gasteiger partial charge in [0.15, 0.2) is 0 Å². The molecule has 1 rings (SSSR count). The number of nitrogens with one attached hydrogen (secondary N) is 1. The van der Waals surface area contributed by atoms with Crippen LogP contribution in [0.25, 0.3) is 0 Å². The zero-order chi connectivity index (χ0) is 15.4. The summed E-state index contributed by atoms with van der Waals surface area (Å²) >= 11 is 0. The van der Waals surface area contributed by atoms with E-state index in [4.69, 9.17) is 0 Å². The van der Waals surface area contributed by atoms with Crippen LogP contribution >= 0.6 is 0 Å². The monoisotopic (exact) mass is 296 g/mol. The van der Waals surface area contributed by atoms with Crippen molar-refractivity contribution in [1.29, 1.82) is 0 Å². The predicted molar refractivity (Wildman–Crippen MR) is 73.5 cm³/mol. The number of rotatable bonds is 5. The summed E-state index contributed by atoms with van der Waals surface area (Å²) in [5.41, 5.74) is 0.0975. The minimum atomic E-state index is -4.53. The van der Waals surface area contributed by atoms with Crippen molar-refractivity contribution in [2.45, 2.75) is 59.0 Å². The van der Waals surface area contributed by atoms with Crippen molar-refractivity contribution in [2.24, 2.45) is 5.41 Å². The number of hydrogen-bond donors (Lipinski definition) is 1. The fourth-order valence-electron chi connectivity index (χ4n) is 2.61. The molecule has 0 aromatic heterocycles. The highest BCUT2D eigenvalue weighted by atomic mass is 19.4. The molecule has 6 heteroatoms. The third-order valence-corrected chi connectivity index (χ3v) is 3.84. The molecule has 1 aliphatic heterocycles. The minimum Gasteiger partial charge on any atom is -0.311 e. The SMILES string of the molecule is CCCC1CNC(C(C)(C)C)CN1CCOC(F)(F)F. The lowest BCUT2D eigenvalue weighted by Crippen LogP contribution is -2.60. The number of alkyl halides is 3. The van der Waals surface area contributed by atoms with Gasteiger partial charge in [-0.25, -0.2) is 0 Å². The van der Waals surface area contributed by atoms with E-state index >= 15 is 0 Å². The fraction of sp³-hybridized carbons (Fsp3) is 1.00. The molecule has 0 bridgehead atoms. The molecule has 0 amide bonds. The lowest BCUT2D eigenvalue weighted by atomic mass is 9.84. The summed E-state index contributed by atoms with van der Waals surface area (Å²) in [6.45, 7) is 10.2. The lowest BCUT2D eigenvalue weighted by Gasteiger charge is -2.45. The Morgan fingerprint density at radius 2 is 1.90 bits per heavy atom. The number of halogens is 3. The van der Waals surface area contributed by atoms with Crippen molar-refractivity contribution in [3.63, 3.8) is 0 Å². The van der Waals surface area contributed by atoms with Gasteiger partial charge in [0.1, 0.15) is 0 Å². The first-order chi connectivity index (χ1) is 9.13. The second-order valence-corrected chi connectivity index (χ2v) is 6.56. The highest BCUT2D eigenvalue weighted by molar-refractivity contribution is 4.91. The largest absolute Gasteiger partial charge is 0.522 e. The second kappa shape index (κ2) is 7.09. The van der Waals surface area contributed by atoms with E-state index < -0.39 is 6.36 Å². The molecular weight excluding hydrogens is 269 g/mol. The molecule has 1 saturated heterocycles. The van der Waals surface area contributed by atoms with Crippen LogP contribution in [0.15, 0.2) is 0 Å². The molecule has 0 radical (unpaired) electrons. The van der Waals surface area contributed by atoms with Crippen LogP contribution in [0, 0.1) is 5.41 Å². The summed E-state index contributed by atoms with van der Waals surface area (Å²) in [7, 11) is 0. The molecule has 3 nitrogen and oxygen atoms in total. The van der Waals surface area contributed by atoms with Gasteiger partial charge in [0, 0.05) is 31.7 Å². The van der Waals surface area contributed by atoms with Gasteiger partial charge in [-0.15, -0.1) is 13.2 Å². The molecule has 20 heavy (non-hydrogen) atoms. The highest BCUT2D eigenvalue weighted by Gasteiger charge is 2.34. The van der Waals surface area contributed by atoms with Crippen LogP contribution in [0.2, 0.25) is 0 Å². The normalized spacial score (nSPS) is 25.9. The van der Waals surface area contributed by atoms with Crippen molar-refractivity contribution in [3.05, 3.63) is 0 Å². The van der Waals surface area contributed by atoms with Crippen molar-refractivity contribution < 1.29 is 17.9 Å². The molecule has 0 saturated carbocycles. The minimum absolute atomic E-state index is 0.0975. The number of ether oxygens (including phenoxy) is 1. The van der Waals surface area contributed by atoms with E-state index in [1.165, 1.54) is 0 Å². The van der Waals surface area contributed by atoms with Crippen LogP contribution in [-0.2, 0) is 4.74 Å².